The number of hydrogen-bond donors (Lipinski definition) is 1. The van der Waals surface area contributed by atoms with Gasteiger partial charge in [-0.3, -0.25) is 14.5 Å². The Morgan fingerprint density at radius 3 is 2.03 bits per heavy atom. The summed E-state index contributed by atoms with van der Waals surface area (Å²) in [5, 5.41) is 11.5. The molecule has 5 heteroatoms. The van der Waals surface area contributed by atoms with E-state index in [9.17, 15) is 14.7 Å². The molecule has 3 aromatic carbocycles. The number of aliphatic hydroxyl groups is 1. The summed E-state index contributed by atoms with van der Waals surface area (Å²) in [4.78, 5) is 30.8. The third kappa shape index (κ3) is 4.53. The number of aryl methyl sites for hydroxylation is 4. The molecule has 1 aliphatic heterocycles. The van der Waals surface area contributed by atoms with Gasteiger partial charge in [0.25, 0.3) is 11.7 Å². The van der Waals surface area contributed by atoms with Gasteiger partial charge in [0, 0.05) is 30.0 Å². The third-order valence-corrected chi connectivity index (χ3v) is 6.91. The van der Waals surface area contributed by atoms with Crippen molar-refractivity contribution in [2.24, 2.45) is 0 Å². The highest BCUT2D eigenvalue weighted by Crippen LogP contribution is 2.43. The van der Waals surface area contributed by atoms with E-state index in [-0.39, 0.29) is 11.3 Å². The highest BCUT2D eigenvalue weighted by Gasteiger charge is 2.47. The van der Waals surface area contributed by atoms with Gasteiger partial charge in [0.15, 0.2) is 0 Å². The third-order valence-electron chi connectivity index (χ3n) is 6.91. The number of anilines is 2. The van der Waals surface area contributed by atoms with E-state index in [0.29, 0.717) is 11.3 Å². The van der Waals surface area contributed by atoms with Crippen LogP contribution in [-0.2, 0) is 9.59 Å². The first-order chi connectivity index (χ1) is 17.2. The molecule has 1 heterocycles. The Bertz CT molecular complexity index is 1330. The van der Waals surface area contributed by atoms with Gasteiger partial charge in [-0.2, -0.15) is 0 Å². The molecule has 1 unspecified atom stereocenters. The van der Waals surface area contributed by atoms with Crippen LogP contribution in [-0.4, -0.2) is 29.9 Å². The van der Waals surface area contributed by atoms with Crippen molar-refractivity contribution < 1.29 is 14.7 Å². The molecular formula is C31H34N2O3. The van der Waals surface area contributed by atoms with Crippen molar-refractivity contribution in [1.82, 2.24) is 0 Å². The fraction of sp³-hybridized carbons (Fsp3) is 0.290. The van der Waals surface area contributed by atoms with E-state index in [0.717, 1.165) is 46.6 Å². The van der Waals surface area contributed by atoms with Crippen LogP contribution in [0.25, 0.3) is 5.76 Å². The SMILES string of the molecule is CCN(CC)c1ccc(C2/C(=C(\O)c3cc(C)ccc3C)C(=O)C(=O)N2c2cc(C)cc(C)c2)cc1. The van der Waals surface area contributed by atoms with Crippen molar-refractivity contribution in [3.63, 3.8) is 0 Å². The first-order valence-electron chi connectivity index (χ1n) is 12.5. The number of aliphatic hydroxyl groups excluding tert-OH is 1. The van der Waals surface area contributed by atoms with E-state index in [1.54, 1.807) is 0 Å². The molecule has 0 radical (unpaired) electrons. The maximum absolute atomic E-state index is 13.5. The molecule has 5 nitrogen and oxygen atoms in total. The molecule has 0 saturated carbocycles. The zero-order valence-electron chi connectivity index (χ0n) is 21.9. The van der Waals surface area contributed by atoms with Crippen molar-refractivity contribution in [1.29, 1.82) is 0 Å². The van der Waals surface area contributed by atoms with Crippen LogP contribution < -0.4 is 9.80 Å². The molecule has 1 aliphatic rings. The maximum atomic E-state index is 13.5. The topological polar surface area (TPSA) is 60.9 Å². The van der Waals surface area contributed by atoms with Crippen molar-refractivity contribution in [2.45, 2.75) is 47.6 Å². The van der Waals surface area contributed by atoms with Crippen LogP contribution in [0.15, 0.2) is 66.2 Å². The van der Waals surface area contributed by atoms with Gasteiger partial charge in [-0.1, -0.05) is 35.9 Å². The molecule has 3 aromatic rings. The lowest BCUT2D eigenvalue weighted by Crippen LogP contribution is -2.29. The number of rotatable bonds is 6. The fourth-order valence-corrected chi connectivity index (χ4v) is 5.10. The Morgan fingerprint density at radius 2 is 1.44 bits per heavy atom. The Morgan fingerprint density at radius 1 is 0.833 bits per heavy atom. The number of hydrogen-bond acceptors (Lipinski definition) is 4. The average molecular weight is 483 g/mol. The minimum absolute atomic E-state index is 0.114. The molecule has 0 bridgehead atoms. The molecule has 1 atom stereocenters. The van der Waals surface area contributed by atoms with Crippen LogP contribution in [0.2, 0.25) is 0 Å². The zero-order valence-corrected chi connectivity index (χ0v) is 21.9. The van der Waals surface area contributed by atoms with E-state index < -0.39 is 17.7 Å². The lowest BCUT2D eigenvalue weighted by molar-refractivity contribution is -0.132. The van der Waals surface area contributed by atoms with E-state index >= 15 is 0 Å². The molecule has 1 saturated heterocycles. The van der Waals surface area contributed by atoms with Crippen molar-refractivity contribution >= 4 is 28.8 Å². The van der Waals surface area contributed by atoms with Gasteiger partial charge in [-0.05, 0) is 94.1 Å². The molecule has 1 amide bonds. The normalized spacial score (nSPS) is 17.1. The van der Waals surface area contributed by atoms with Crippen molar-refractivity contribution in [3.05, 3.63) is 99.6 Å². The maximum Gasteiger partial charge on any atom is 0.300 e. The van der Waals surface area contributed by atoms with Gasteiger partial charge in [0.1, 0.15) is 5.76 Å². The van der Waals surface area contributed by atoms with Gasteiger partial charge < -0.3 is 10.0 Å². The first kappa shape index (κ1) is 25.2. The lowest BCUT2D eigenvalue weighted by atomic mass is 9.93. The summed E-state index contributed by atoms with van der Waals surface area (Å²) in [5.41, 5.74) is 6.97. The summed E-state index contributed by atoms with van der Waals surface area (Å²) in [7, 11) is 0. The van der Waals surface area contributed by atoms with Crippen LogP contribution in [0.3, 0.4) is 0 Å². The summed E-state index contributed by atoms with van der Waals surface area (Å²) < 4.78 is 0. The second kappa shape index (κ2) is 10.0. The fourth-order valence-electron chi connectivity index (χ4n) is 5.10. The van der Waals surface area contributed by atoms with Gasteiger partial charge >= 0.3 is 0 Å². The second-order valence-corrected chi connectivity index (χ2v) is 9.60. The van der Waals surface area contributed by atoms with E-state index in [4.69, 9.17) is 0 Å². The van der Waals surface area contributed by atoms with Crippen LogP contribution >= 0.6 is 0 Å². The first-order valence-corrected chi connectivity index (χ1v) is 12.5. The summed E-state index contributed by atoms with van der Waals surface area (Å²) in [5.74, 6) is -1.45. The monoisotopic (exact) mass is 482 g/mol. The van der Waals surface area contributed by atoms with E-state index in [2.05, 4.69) is 18.7 Å². The van der Waals surface area contributed by atoms with Crippen LogP contribution in [0.4, 0.5) is 11.4 Å². The molecular weight excluding hydrogens is 448 g/mol. The predicted molar refractivity (Wildman–Crippen MR) is 147 cm³/mol. The quantitative estimate of drug-likeness (QED) is 0.251. The van der Waals surface area contributed by atoms with Crippen LogP contribution in [0.5, 0.6) is 0 Å². The molecule has 0 spiro atoms. The number of nitrogens with zero attached hydrogens (tertiary/aromatic N) is 2. The van der Waals surface area contributed by atoms with Crippen LogP contribution in [0.1, 0.15) is 53.3 Å². The minimum Gasteiger partial charge on any atom is -0.507 e. The Balaban J connectivity index is 1.95. The number of amides is 1. The summed E-state index contributed by atoms with van der Waals surface area (Å²) in [6, 6.07) is 18.8. The number of ketones is 1. The molecule has 4 rings (SSSR count). The van der Waals surface area contributed by atoms with Crippen molar-refractivity contribution in [2.75, 3.05) is 22.9 Å². The summed E-state index contributed by atoms with van der Waals surface area (Å²) in [6.45, 7) is 13.7. The van der Waals surface area contributed by atoms with E-state index in [1.807, 2.05) is 88.4 Å². The van der Waals surface area contributed by atoms with Gasteiger partial charge in [-0.15, -0.1) is 0 Å². The number of Topliss-reactive ketones (excluding diaryl/α,β-unsaturated/α-hetero) is 1. The number of carbonyl (C=O) groups is 2. The smallest absolute Gasteiger partial charge is 0.300 e. The lowest BCUT2D eigenvalue weighted by Gasteiger charge is -2.27. The molecule has 1 N–H and O–H groups in total. The standard InChI is InChI=1S/C31H34N2O3/c1-7-32(8-2)24-13-11-23(12-14-24)28-27(29(34)26-18-19(3)9-10-22(26)6)30(35)31(36)33(28)25-16-20(4)15-21(5)17-25/h9-18,28,34H,7-8H2,1-6H3/b29-27+. The predicted octanol–water partition coefficient (Wildman–Crippen LogP) is 6.39. The average Bonchev–Trinajstić information content (AvgIpc) is 3.11. The zero-order chi connectivity index (χ0) is 26.1. The molecule has 0 aromatic heterocycles. The molecule has 36 heavy (non-hydrogen) atoms. The number of benzene rings is 3. The Kier molecular flexibility index (Phi) is 7.02. The Labute approximate surface area is 213 Å². The minimum atomic E-state index is -0.739. The highest BCUT2D eigenvalue weighted by atomic mass is 16.3. The highest BCUT2D eigenvalue weighted by molar-refractivity contribution is 6.51. The van der Waals surface area contributed by atoms with Gasteiger partial charge in [0.05, 0.1) is 11.6 Å². The van der Waals surface area contributed by atoms with Gasteiger partial charge in [-0.25, -0.2) is 0 Å². The Hall–Kier alpha value is -3.86. The van der Waals surface area contributed by atoms with Crippen LogP contribution in [0, 0.1) is 27.7 Å². The van der Waals surface area contributed by atoms with E-state index in [1.165, 1.54) is 4.90 Å². The van der Waals surface area contributed by atoms with Gasteiger partial charge in [0.2, 0.25) is 0 Å². The largest absolute Gasteiger partial charge is 0.507 e. The summed E-state index contributed by atoms with van der Waals surface area (Å²) in [6.07, 6.45) is 0. The molecule has 186 valence electrons. The second-order valence-electron chi connectivity index (χ2n) is 9.60. The number of carbonyl (C=O) groups excluding carboxylic acids is 2. The molecule has 1 fully saturated rings. The molecule has 0 aliphatic carbocycles. The van der Waals surface area contributed by atoms with Crippen molar-refractivity contribution in [3.8, 4) is 0 Å². The summed E-state index contributed by atoms with van der Waals surface area (Å²) >= 11 is 0.